The number of nitro benzene ring substituents is 1. The number of benzene rings is 2. The van der Waals surface area contributed by atoms with Gasteiger partial charge in [-0.3, -0.25) is 14.9 Å². The Hall–Kier alpha value is -3.63. The predicted molar refractivity (Wildman–Crippen MR) is 126 cm³/mol. The number of nitrogens with zero attached hydrogens (tertiary/aromatic N) is 2. The molecule has 9 nitrogen and oxygen atoms in total. The van der Waals surface area contributed by atoms with E-state index in [1.165, 1.54) is 17.4 Å². The molecular formula is C23H23N3O6S. The van der Waals surface area contributed by atoms with Crippen molar-refractivity contribution >= 4 is 34.3 Å². The Labute approximate surface area is 194 Å². The first-order chi connectivity index (χ1) is 16.1. The van der Waals surface area contributed by atoms with Gasteiger partial charge >= 0.3 is 0 Å². The van der Waals surface area contributed by atoms with Gasteiger partial charge in [-0.1, -0.05) is 6.07 Å². The van der Waals surface area contributed by atoms with Gasteiger partial charge in [0, 0.05) is 41.9 Å². The van der Waals surface area contributed by atoms with Gasteiger partial charge in [0.1, 0.15) is 18.9 Å². The first kappa shape index (κ1) is 22.6. The van der Waals surface area contributed by atoms with Gasteiger partial charge in [0.05, 0.1) is 18.1 Å². The minimum Gasteiger partial charge on any atom is -0.486 e. The van der Waals surface area contributed by atoms with Crippen molar-refractivity contribution < 1.29 is 23.9 Å². The molecule has 0 saturated carbocycles. The van der Waals surface area contributed by atoms with Crippen LogP contribution >= 0.6 is 11.3 Å². The van der Waals surface area contributed by atoms with E-state index in [0.717, 1.165) is 4.88 Å². The highest BCUT2D eigenvalue weighted by Gasteiger charge is 2.24. The van der Waals surface area contributed by atoms with E-state index in [1.54, 1.807) is 42.3 Å². The van der Waals surface area contributed by atoms with E-state index >= 15 is 0 Å². The number of ether oxygens (including phenoxy) is 3. The van der Waals surface area contributed by atoms with Crippen LogP contribution in [0.2, 0.25) is 0 Å². The zero-order valence-corrected chi connectivity index (χ0v) is 18.8. The number of methoxy groups -OCH3 is 1. The van der Waals surface area contributed by atoms with Crippen LogP contribution in [-0.2, 0) is 11.3 Å². The number of fused-ring (bicyclic) bond motifs is 1. The fourth-order valence-electron chi connectivity index (χ4n) is 3.45. The second-order valence-corrected chi connectivity index (χ2v) is 8.24. The topological polar surface area (TPSA) is 103 Å². The van der Waals surface area contributed by atoms with Crippen molar-refractivity contribution in [2.45, 2.75) is 6.54 Å². The highest BCUT2D eigenvalue weighted by atomic mass is 32.1. The van der Waals surface area contributed by atoms with E-state index in [-0.39, 0.29) is 17.2 Å². The molecule has 33 heavy (non-hydrogen) atoms. The Morgan fingerprint density at radius 1 is 1.18 bits per heavy atom. The molecule has 1 aliphatic heterocycles. The van der Waals surface area contributed by atoms with Crippen molar-refractivity contribution in [3.05, 3.63) is 74.5 Å². The number of carbonyl (C=O) groups is 1. The lowest BCUT2D eigenvalue weighted by atomic mass is 10.1. The van der Waals surface area contributed by atoms with E-state index in [0.29, 0.717) is 55.8 Å². The fraction of sp³-hybridized carbons (Fsp3) is 0.261. The summed E-state index contributed by atoms with van der Waals surface area (Å²) in [6.07, 6.45) is 0. The number of rotatable bonds is 9. The maximum absolute atomic E-state index is 13.6. The average molecular weight is 470 g/mol. The molecule has 4 rings (SSSR count). The summed E-state index contributed by atoms with van der Waals surface area (Å²) >= 11 is 1.53. The Kier molecular flexibility index (Phi) is 7.06. The second kappa shape index (κ2) is 10.3. The molecule has 2 aromatic carbocycles. The van der Waals surface area contributed by atoms with Gasteiger partial charge in [0.25, 0.3) is 11.6 Å². The maximum Gasteiger partial charge on any atom is 0.293 e. The SMILES string of the molecule is COCCNc1ccc(C(=O)N(Cc2cccs2)c2ccc3c(c2)OCCO3)cc1[N+](=O)[O-]. The summed E-state index contributed by atoms with van der Waals surface area (Å²) in [5, 5.41) is 16.6. The summed E-state index contributed by atoms with van der Waals surface area (Å²) in [4.78, 5) is 27.3. The van der Waals surface area contributed by atoms with Crippen LogP contribution in [0.3, 0.4) is 0 Å². The van der Waals surface area contributed by atoms with Crippen LogP contribution in [0.25, 0.3) is 0 Å². The third-order valence-electron chi connectivity index (χ3n) is 5.04. The smallest absolute Gasteiger partial charge is 0.293 e. The van der Waals surface area contributed by atoms with Crippen molar-refractivity contribution in [2.75, 3.05) is 43.7 Å². The van der Waals surface area contributed by atoms with Crippen LogP contribution in [0, 0.1) is 10.1 Å². The molecule has 0 fully saturated rings. The van der Waals surface area contributed by atoms with Crippen molar-refractivity contribution in [1.29, 1.82) is 0 Å². The molecule has 10 heteroatoms. The standard InChI is InChI=1S/C23H23N3O6S/c1-30-9-8-24-19-6-4-16(13-20(19)26(28)29)23(27)25(15-18-3-2-12-33-18)17-5-7-21-22(14-17)32-11-10-31-21/h2-7,12-14,24H,8-11,15H2,1H3. The van der Waals surface area contributed by atoms with Crippen LogP contribution in [0.1, 0.15) is 15.2 Å². The van der Waals surface area contributed by atoms with Gasteiger partial charge in [-0.05, 0) is 35.7 Å². The molecule has 0 radical (unpaired) electrons. The van der Waals surface area contributed by atoms with Gasteiger partial charge in [-0.15, -0.1) is 11.3 Å². The summed E-state index contributed by atoms with van der Waals surface area (Å²) in [7, 11) is 1.55. The summed E-state index contributed by atoms with van der Waals surface area (Å²) in [6.45, 7) is 2.03. The number of hydrogen-bond donors (Lipinski definition) is 1. The Bertz CT molecular complexity index is 1140. The van der Waals surface area contributed by atoms with E-state index in [4.69, 9.17) is 14.2 Å². The molecule has 0 aliphatic carbocycles. The second-order valence-electron chi connectivity index (χ2n) is 7.21. The number of nitrogens with one attached hydrogen (secondary N) is 1. The number of amides is 1. The number of nitro groups is 1. The van der Waals surface area contributed by atoms with Crippen molar-refractivity contribution in [3.63, 3.8) is 0 Å². The number of hydrogen-bond acceptors (Lipinski definition) is 8. The molecule has 0 unspecified atom stereocenters. The summed E-state index contributed by atoms with van der Waals surface area (Å²) in [5.41, 5.74) is 0.987. The summed E-state index contributed by atoms with van der Waals surface area (Å²) < 4.78 is 16.3. The number of carbonyl (C=O) groups excluding carboxylic acids is 1. The van der Waals surface area contributed by atoms with Gasteiger partial charge < -0.3 is 24.4 Å². The molecule has 0 bridgehead atoms. The molecule has 172 valence electrons. The third-order valence-corrected chi connectivity index (χ3v) is 5.90. The predicted octanol–water partition coefficient (Wildman–Crippen LogP) is 4.33. The highest BCUT2D eigenvalue weighted by Crippen LogP contribution is 2.36. The van der Waals surface area contributed by atoms with Gasteiger partial charge in [-0.2, -0.15) is 0 Å². The maximum atomic E-state index is 13.6. The lowest BCUT2D eigenvalue weighted by molar-refractivity contribution is -0.384. The largest absolute Gasteiger partial charge is 0.486 e. The van der Waals surface area contributed by atoms with E-state index in [9.17, 15) is 14.9 Å². The first-order valence-electron chi connectivity index (χ1n) is 10.3. The van der Waals surface area contributed by atoms with Crippen molar-refractivity contribution in [3.8, 4) is 11.5 Å². The van der Waals surface area contributed by atoms with Crippen LogP contribution in [0.4, 0.5) is 17.1 Å². The third kappa shape index (κ3) is 5.24. The summed E-state index contributed by atoms with van der Waals surface area (Å²) in [6, 6.07) is 13.6. The van der Waals surface area contributed by atoms with Crippen LogP contribution in [-0.4, -0.2) is 44.3 Å². The summed E-state index contributed by atoms with van der Waals surface area (Å²) in [5.74, 6) is 0.827. The average Bonchev–Trinajstić information content (AvgIpc) is 3.35. The monoisotopic (exact) mass is 469 g/mol. The quantitative estimate of drug-likeness (QED) is 0.283. The number of thiophene rings is 1. The minimum atomic E-state index is -0.500. The molecule has 1 N–H and O–H groups in total. The van der Waals surface area contributed by atoms with Crippen LogP contribution in [0.5, 0.6) is 11.5 Å². The van der Waals surface area contributed by atoms with E-state index in [1.807, 2.05) is 17.5 Å². The Balaban J connectivity index is 1.67. The fourth-order valence-corrected chi connectivity index (χ4v) is 4.14. The van der Waals surface area contributed by atoms with Crippen molar-refractivity contribution in [2.24, 2.45) is 0 Å². The van der Waals surface area contributed by atoms with Gasteiger partial charge in [0.2, 0.25) is 0 Å². The lowest BCUT2D eigenvalue weighted by Crippen LogP contribution is -2.30. The number of anilines is 2. The van der Waals surface area contributed by atoms with E-state index < -0.39 is 4.92 Å². The normalized spacial score (nSPS) is 12.3. The molecule has 2 heterocycles. The Morgan fingerprint density at radius 2 is 2.00 bits per heavy atom. The van der Waals surface area contributed by atoms with Gasteiger partial charge in [0.15, 0.2) is 11.5 Å². The molecule has 3 aromatic rings. The molecule has 0 atom stereocenters. The minimum absolute atomic E-state index is 0.171. The lowest BCUT2D eigenvalue weighted by Gasteiger charge is -2.25. The molecule has 1 aromatic heterocycles. The van der Waals surface area contributed by atoms with Gasteiger partial charge in [-0.25, -0.2) is 0 Å². The zero-order valence-electron chi connectivity index (χ0n) is 18.0. The van der Waals surface area contributed by atoms with Crippen LogP contribution < -0.4 is 19.7 Å². The molecule has 1 amide bonds. The Morgan fingerprint density at radius 3 is 2.73 bits per heavy atom. The van der Waals surface area contributed by atoms with E-state index in [2.05, 4.69) is 5.32 Å². The molecular weight excluding hydrogens is 446 g/mol. The zero-order chi connectivity index (χ0) is 23.2. The highest BCUT2D eigenvalue weighted by molar-refractivity contribution is 7.09. The molecule has 1 aliphatic rings. The first-order valence-corrected chi connectivity index (χ1v) is 11.2. The molecule has 0 saturated heterocycles. The van der Waals surface area contributed by atoms with Crippen LogP contribution in [0.15, 0.2) is 53.9 Å². The van der Waals surface area contributed by atoms with Crippen molar-refractivity contribution in [1.82, 2.24) is 0 Å². The molecule has 0 spiro atoms.